The van der Waals surface area contributed by atoms with E-state index in [1.54, 1.807) is 24.0 Å². The van der Waals surface area contributed by atoms with Crippen molar-refractivity contribution in [2.24, 2.45) is 0 Å². The van der Waals surface area contributed by atoms with Crippen molar-refractivity contribution in [2.75, 3.05) is 18.5 Å². The number of rotatable bonds is 8. The third kappa shape index (κ3) is 5.35. The average Bonchev–Trinajstić information content (AvgIpc) is 3.31. The monoisotopic (exact) mass is 328 g/mol. The van der Waals surface area contributed by atoms with Crippen LogP contribution in [0.15, 0.2) is 18.2 Å². The largest absolute Gasteiger partial charge is 0.434 e. The van der Waals surface area contributed by atoms with Gasteiger partial charge in [-0.2, -0.15) is 8.78 Å². The van der Waals surface area contributed by atoms with Crippen molar-refractivity contribution in [3.63, 3.8) is 0 Å². The van der Waals surface area contributed by atoms with Crippen LogP contribution in [0.2, 0.25) is 0 Å². The molecule has 128 valence electrons. The fraction of sp³-hybridized carbons (Fsp3) is 0.562. The first kappa shape index (κ1) is 17.5. The summed E-state index contributed by atoms with van der Waals surface area (Å²) in [7, 11) is 0. The van der Waals surface area contributed by atoms with Crippen LogP contribution in [0.3, 0.4) is 0 Å². The molecule has 0 unspecified atom stereocenters. The molecule has 0 bridgehead atoms. The summed E-state index contributed by atoms with van der Waals surface area (Å²) in [5.74, 6) is 0.0519. The van der Waals surface area contributed by atoms with E-state index in [1.807, 2.05) is 0 Å². The van der Waals surface area contributed by atoms with Gasteiger partial charge in [0.15, 0.2) is 0 Å². The molecule has 1 aliphatic rings. The summed E-state index contributed by atoms with van der Waals surface area (Å²) in [6, 6.07) is 4.66. The Labute approximate surface area is 134 Å². The number of ether oxygens (including phenoxy) is 1. The molecule has 0 aromatic heterocycles. The minimum Gasteiger partial charge on any atom is -0.434 e. The topological polar surface area (TPSA) is 61.8 Å². The number of nitrogens with one attached hydrogen (secondary N) is 1. The molecule has 1 aromatic rings. The number of urea groups is 1. The second-order valence-electron chi connectivity index (χ2n) is 5.64. The van der Waals surface area contributed by atoms with Crippen molar-refractivity contribution in [1.82, 2.24) is 4.90 Å². The Bertz CT molecular complexity index is 536. The number of hydrogen-bond donors (Lipinski definition) is 2. The highest BCUT2D eigenvalue weighted by Gasteiger charge is 2.32. The fourth-order valence-corrected chi connectivity index (χ4v) is 2.33. The van der Waals surface area contributed by atoms with Gasteiger partial charge in [-0.1, -0.05) is 6.07 Å². The number of nitrogens with zero attached hydrogens (tertiary/aromatic N) is 1. The molecule has 23 heavy (non-hydrogen) atoms. The molecule has 2 amide bonds. The summed E-state index contributed by atoms with van der Waals surface area (Å²) in [4.78, 5) is 14.1. The van der Waals surface area contributed by atoms with E-state index in [0.717, 1.165) is 19.3 Å². The van der Waals surface area contributed by atoms with Crippen molar-refractivity contribution in [2.45, 2.75) is 45.3 Å². The van der Waals surface area contributed by atoms with E-state index in [-0.39, 0.29) is 24.4 Å². The van der Waals surface area contributed by atoms with Gasteiger partial charge in [0.05, 0.1) is 0 Å². The number of benzene rings is 1. The summed E-state index contributed by atoms with van der Waals surface area (Å²) < 4.78 is 29.2. The van der Waals surface area contributed by atoms with Crippen molar-refractivity contribution >= 4 is 11.7 Å². The Hall–Kier alpha value is -1.89. The fourth-order valence-electron chi connectivity index (χ4n) is 2.33. The number of aryl methyl sites for hydroxylation is 1. The van der Waals surface area contributed by atoms with Crippen molar-refractivity contribution in [3.8, 4) is 5.75 Å². The van der Waals surface area contributed by atoms with Gasteiger partial charge in [0, 0.05) is 30.9 Å². The number of halogens is 2. The minimum absolute atomic E-state index is 0.0519. The van der Waals surface area contributed by atoms with Gasteiger partial charge in [-0.15, -0.1) is 0 Å². The number of aliphatic hydroxyl groups is 1. The molecule has 1 fully saturated rings. The predicted octanol–water partition coefficient (Wildman–Crippen LogP) is 3.37. The Balaban J connectivity index is 2.00. The van der Waals surface area contributed by atoms with E-state index in [1.165, 1.54) is 6.07 Å². The molecule has 1 aliphatic carbocycles. The van der Waals surface area contributed by atoms with Gasteiger partial charge >= 0.3 is 12.6 Å². The number of amides is 2. The van der Waals surface area contributed by atoms with Gasteiger partial charge in [0.1, 0.15) is 5.75 Å². The Kier molecular flexibility index (Phi) is 6.15. The van der Waals surface area contributed by atoms with E-state index in [2.05, 4.69) is 10.1 Å². The normalized spacial score (nSPS) is 14.0. The van der Waals surface area contributed by atoms with Crippen LogP contribution in [0.5, 0.6) is 5.75 Å². The molecule has 2 rings (SSSR count). The number of carbonyl (C=O) groups excluding carboxylic acids is 1. The van der Waals surface area contributed by atoms with Gasteiger partial charge in [-0.3, -0.25) is 0 Å². The molecule has 5 nitrogen and oxygen atoms in total. The van der Waals surface area contributed by atoms with Crippen molar-refractivity contribution < 1.29 is 23.4 Å². The van der Waals surface area contributed by atoms with E-state index in [0.29, 0.717) is 24.2 Å². The second-order valence-corrected chi connectivity index (χ2v) is 5.64. The molecular formula is C16H22F2N2O3. The number of anilines is 1. The predicted molar refractivity (Wildman–Crippen MR) is 82.9 cm³/mol. The molecule has 0 aliphatic heterocycles. The number of alkyl halides is 2. The SMILES string of the molecule is Cc1ccc(NC(=O)N(CCCCO)C2CC2)cc1OC(F)F. The molecule has 2 N–H and O–H groups in total. The highest BCUT2D eigenvalue weighted by Crippen LogP contribution is 2.29. The van der Waals surface area contributed by atoms with Gasteiger partial charge in [0.2, 0.25) is 0 Å². The summed E-state index contributed by atoms with van der Waals surface area (Å²) >= 11 is 0. The molecular weight excluding hydrogens is 306 g/mol. The lowest BCUT2D eigenvalue weighted by molar-refractivity contribution is -0.0502. The molecule has 0 atom stereocenters. The highest BCUT2D eigenvalue weighted by molar-refractivity contribution is 5.90. The van der Waals surface area contributed by atoms with Crippen LogP contribution in [0.1, 0.15) is 31.2 Å². The standard InChI is InChI=1S/C16H22F2N2O3/c1-11-4-5-12(10-14(11)23-15(17)18)19-16(22)20(13-6-7-13)8-2-3-9-21/h4-5,10,13,15,21H,2-3,6-9H2,1H3,(H,19,22). The number of unbranched alkanes of at least 4 members (excludes halogenated alkanes) is 1. The molecule has 0 heterocycles. The van der Waals surface area contributed by atoms with Gasteiger partial charge in [-0.05, 0) is 44.2 Å². The maximum atomic E-state index is 12.4. The van der Waals surface area contributed by atoms with Crippen LogP contribution in [0.25, 0.3) is 0 Å². The Morgan fingerprint density at radius 3 is 2.78 bits per heavy atom. The first-order valence-corrected chi connectivity index (χ1v) is 7.75. The van der Waals surface area contributed by atoms with Gasteiger partial charge < -0.3 is 20.1 Å². The molecule has 0 radical (unpaired) electrons. The van der Waals surface area contributed by atoms with Crippen LogP contribution >= 0.6 is 0 Å². The van der Waals surface area contributed by atoms with Crippen molar-refractivity contribution in [3.05, 3.63) is 23.8 Å². The van der Waals surface area contributed by atoms with E-state index < -0.39 is 6.61 Å². The lowest BCUT2D eigenvalue weighted by Gasteiger charge is -2.23. The van der Waals surface area contributed by atoms with Crippen LogP contribution < -0.4 is 10.1 Å². The second kappa shape index (κ2) is 8.10. The zero-order valence-electron chi connectivity index (χ0n) is 13.1. The lowest BCUT2D eigenvalue weighted by Crippen LogP contribution is -2.37. The summed E-state index contributed by atoms with van der Waals surface area (Å²) in [5, 5.41) is 11.6. The Morgan fingerprint density at radius 2 is 2.17 bits per heavy atom. The molecule has 0 saturated heterocycles. The van der Waals surface area contributed by atoms with E-state index in [4.69, 9.17) is 5.11 Å². The van der Waals surface area contributed by atoms with E-state index in [9.17, 15) is 13.6 Å². The average molecular weight is 328 g/mol. The molecule has 7 heteroatoms. The molecule has 1 saturated carbocycles. The first-order chi connectivity index (χ1) is 11.0. The summed E-state index contributed by atoms with van der Waals surface area (Å²) in [6.45, 7) is -0.564. The first-order valence-electron chi connectivity index (χ1n) is 7.75. The van der Waals surface area contributed by atoms with Crippen molar-refractivity contribution in [1.29, 1.82) is 0 Å². The zero-order chi connectivity index (χ0) is 16.8. The third-order valence-electron chi connectivity index (χ3n) is 3.71. The lowest BCUT2D eigenvalue weighted by atomic mass is 10.2. The van der Waals surface area contributed by atoms with Crippen LogP contribution in [-0.4, -0.2) is 41.8 Å². The molecule has 0 spiro atoms. The molecule has 1 aromatic carbocycles. The van der Waals surface area contributed by atoms with E-state index >= 15 is 0 Å². The minimum atomic E-state index is -2.90. The smallest absolute Gasteiger partial charge is 0.387 e. The third-order valence-corrected chi connectivity index (χ3v) is 3.71. The highest BCUT2D eigenvalue weighted by atomic mass is 19.3. The van der Waals surface area contributed by atoms with Crippen LogP contribution in [0, 0.1) is 6.92 Å². The van der Waals surface area contributed by atoms with Crippen LogP contribution in [-0.2, 0) is 0 Å². The zero-order valence-corrected chi connectivity index (χ0v) is 13.1. The van der Waals surface area contributed by atoms with Gasteiger partial charge in [0.25, 0.3) is 0 Å². The number of aliphatic hydroxyl groups excluding tert-OH is 1. The number of carbonyl (C=O) groups is 1. The summed E-state index contributed by atoms with van der Waals surface area (Å²) in [5.41, 5.74) is 0.995. The maximum absolute atomic E-state index is 12.4. The number of hydrogen-bond acceptors (Lipinski definition) is 3. The van der Waals surface area contributed by atoms with Crippen LogP contribution in [0.4, 0.5) is 19.3 Å². The Morgan fingerprint density at radius 1 is 1.43 bits per heavy atom. The maximum Gasteiger partial charge on any atom is 0.387 e. The quantitative estimate of drug-likeness (QED) is 0.719. The van der Waals surface area contributed by atoms with Gasteiger partial charge in [-0.25, -0.2) is 4.79 Å². The summed E-state index contributed by atoms with van der Waals surface area (Å²) in [6.07, 6.45) is 3.32.